The van der Waals surface area contributed by atoms with Gasteiger partial charge in [-0.3, -0.25) is 9.59 Å². The SMILES string of the molecule is C/C=C/CCNC(=O)C1C(C(=O)O)C1(C)C. The number of nitrogens with one attached hydrogen (secondary N) is 1. The fraction of sp³-hybridized carbons (Fsp3) is 0.667. The van der Waals surface area contributed by atoms with E-state index in [2.05, 4.69) is 5.32 Å². The lowest BCUT2D eigenvalue weighted by Gasteiger charge is -2.03. The first kappa shape index (κ1) is 12.7. The number of hydrogen-bond donors (Lipinski definition) is 2. The summed E-state index contributed by atoms with van der Waals surface area (Å²) in [7, 11) is 0. The van der Waals surface area contributed by atoms with Crippen LogP contribution in [-0.4, -0.2) is 23.5 Å². The van der Waals surface area contributed by atoms with Crippen molar-refractivity contribution in [2.45, 2.75) is 27.2 Å². The minimum Gasteiger partial charge on any atom is -0.481 e. The lowest BCUT2D eigenvalue weighted by molar-refractivity contribution is -0.140. The van der Waals surface area contributed by atoms with Crippen molar-refractivity contribution in [2.75, 3.05) is 6.54 Å². The molecule has 0 saturated heterocycles. The maximum Gasteiger partial charge on any atom is 0.307 e. The lowest BCUT2D eigenvalue weighted by atomic mass is 10.1. The van der Waals surface area contributed by atoms with Gasteiger partial charge in [-0.15, -0.1) is 0 Å². The Labute approximate surface area is 95.7 Å². The summed E-state index contributed by atoms with van der Waals surface area (Å²) in [6.45, 7) is 6.14. The Morgan fingerprint density at radius 1 is 1.38 bits per heavy atom. The number of aliphatic carboxylic acids is 1. The van der Waals surface area contributed by atoms with E-state index >= 15 is 0 Å². The van der Waals surface area contributed by atoms with Crippen LogP contribution in [0.3, 0.4) is 0 Å². The molecule has 1 rings (SSSR count). The summed E-state index contributed by atoms with van der Waals surface area (Å²) in [6.07, 6.45) is 4.67. The second-order valence-electron chi connectivity index (χ2n) is 4.76. The van der Waals surface area contributed by atoms with Gasteiger partial charge < -0.3 is 10.4 Å². The number of allylic oxidation sites excluding steroid dienone is 1. The normalized spacial score (nSPS) is 26.7. The quantitative estimate of drug-likeness (QED) is 0.549. The van der Waals surface area contributed by atoms with Crippen LogP contribution in [0.5, 0.6) is 0 Å². The van der Waals surface area contributed by atoms with Crippen LogP contribution in [0, 0.1) is 17.3 Å². The summed E-state index contributed by atoms with van der Waals surface area (Å²) in [5, 5.41) is 11.7. The zero-order valence-corrected chi connectivity index (χ0v) is 9.99. The molecule has 0 heterocycles. The Morgan fingerprint density at radius 3 is 2.44 bits per heavy atom. The number of amides is 1. The van der Waals surface area contributed by atoms with E-state index in [0.29, 0.717) is 6.54 Å². The predicted molar refractivity (Wildman–Crippen MR) is 60.8 cm³/mol. The van der Waals surface area contributed by atoms with Crippen molar-refractivity contribution in [1.82, 2.24) is 5.32 Å². The average molecular weight is 225 g/mol. The van der Waals surface area contributed by atoms with Gasteiger partial charge in [-0.25, -0.2) is 0 Å². The van der Waals surface area contributed by atoms with Gasteiger partial charge in [-0.05, 0) is 18.8 Å². The molecular weight excluding hydrogens is 206 g/mol. The molecule has 0 aromatic heterocycles. The molecule has 0 aromatic carbocycles. The van der Waals surface area contributed by atoms with Gasteiger partial charge in [0, 0.05) is 6.54 Å². The third-order valence-corrected chi connectivity index (χ3v) is 3.22. The molecule has 1 aliphatic carbocycles. The summed E-state index contributed by atoms with van der Waals surface area (Å²) in [4.78, 5) is 22.6. The zero-order chi connectivity index (χ0) is 12.3. The molecule has 2 unspecified atom stereocenters. The van der Waals surface area contributed by atoms with E-state index in [0.717, 1.165) is 6.42 Å². The third kappa shape index (κ3) is 2.43. The van der Waals surface area contributed by atoms with E-state index in [1.54, 1.807) is 0 Å². The molecule has 90 valence electrons. The molecule has 0 bridgehead atoms. The Balaban J connectivity index is 2.42. The third-order valence-electron chi connectivity index (χ3n) is 3.22. The van der Waals surface area contributed by atoms with Gasteiger partial charge >= 0.3 is 5.97 Å². The fourth-order valence-electron chi connectivity index (χ4n) is 2.14. The highest BCUT2D eigenvalue weighted by molar-refractivity contribution is 5.91. The van der Waals surface area contributed by atoms with Crippen LogP contribution in [0.25, 0.3) is 0 Å². The first-order chi connectivity index (χ1) is 7.42. The second kappa shape index (κ2) is 4.68. The number of rotatable bonds is 5. The van der Waals surface area contributed by atoms with E-state index in [-0.39, 0.29) is 11.8 Å². The molecular formula is C12H19NO3. The highest BCUT2D eigenvalue weighted by atomic mass is 16.4. The summed E-state index contributed by atoms with van der Waals surface area (Å²) >= 11 is 0. The molecule has 0 radical (unpaired) electrons. The van der Waals surface area contributed by atoms with Gasteiger partial charge in [-0.1, -0.05) is 26.0 Å². The topological polar surface area (TPSA) is 66.4 Å². The summed E-state index contributed by atoms with van der Waals surface area (Å²) < 4.78 is 0. The van der Waals surface area contributed by atoms with E-state index in [1.807, 2.05) is 32.9 Å². The van der Waals surface area contributed by atoms with Crippen molar-refractivity contribution < 1.29 is 14.7 Å². The highest BCUT2D eigenvalue weighted by Gasteiger charge is 2.65. The standard InChI is InChI=1S/C12H19NO3/c1-4-5-6-7-13-10(14)8-9(11(15)16)12(8,2)3/h4-5,8-9H,6-7H2,1-3H3,(H,13,14)(H,15,16)/b5-4+. The Morgan fingerprint density at radius 2 is 2.00 bits per heavy atom. The molecule has 2 atom stereocenters. The van der Waals surface area contributed by atoms with Crippen LogP contribution in [0.15, 0.2) is 12.2 Å². The summed E-state index contributed by atoms with van der Waals surface area (Å²) in [5.41, 5.74) is -0.406. The monoisotopic (exact) mass is 225 g/mol. The molecule has 4 heteroatoms. The number of carbonyl (C=O) groups is 2. The van der Waals surface area contributed by atoms with Crippen molar-refractivity contribution in [3.63, 3.8) is 0 Å². The van der Waals surface area contributed by atoms with Crippen LogP contribution >= 0.6 is 0 Å². The second-order valence-corrected chi connectivity index (χ2v) is 4.76. The largest absolute Gasteiger partial charge is 0.481 e. The van der Waals surface area contributed by atoms with Gasteiger partial charge in [-0.2, -0.15) is 0 Å². The molecule has 0 spiro atoms. The van der Waals surface area contributed by atoms with E-state index < -0.39 is 17.3 Å². The van der Waals surface area contributed by atoms with Gasteiger partial charge in [0.2, 0.25) is 5.91 Å². The Bertz CT molecular complexity index is 320. The number of carboxylic acids is 1. The smallest absolute Gasteiger partial charge is 0.307 e. The lowest BCUT2D eigenvalue weighted by Crippen LogP contribution is -2.27. The van der Waals surface area contributed by atoms with Crippen LogP contribution < -0.4 is 5.32 Å². The predicted octanol–water partition coefficient (Wildman–Crippen LogP) is 1.43. The summed E-state index contributed by atoms with van der Waals surface area (Å²) in [5.74, 6) is -1.93. The van der Waals surface area contributed by atoms with Gasteiger partial charge in [0.15, 0.2) is 0 Å². The van der Waals surface area contributed by atoms with Gasteiger partial charge in [0.1, 0.15) is 0 Å². The number of hydrogen-bond acceptors (Lipinski definition) is 2. The van der Waals surface area contributed by atoms with E-state index in [1.165, 1.54) is 0 Å². The minimum absolute atomic E-state index is 0.137. The zero-order valence-electron chi connectivity index (χ0n) is 9.99. The van der Waals surface area contributed by atoms with Gasteiger partial charge in [0.25, 0.3) is 0 Å². The average Bonchev–Trinajstić information content (AvgIpc) is 2.76. The molecule has 16 heavy (non-hydrogen) atoms. The van der Waals surface area contributed by atoms with Crippen LogP contribution in [-0.2, 0) is 9.59 Å². The molecule has 4 nitrogen and oxygen atoms in total. The van der Waals surface area contributed by atoms with Crippen molar-refractivity contribution in [2.24, 2.45) is 17.3 Å². The highest BCUT2D eigenvalue weighted by Crippen LogP contribution is 2.58. The van der Waals surface area contributed by atoms with Crippen LogP contribution in [0.1, 0.15) is 27.2 Å². The Kier molecular flexibility index (Phi) is 3.73. The van der Waals surface area contributed by atoms with Gasteiger partial charge in [0.05, 0.1) is 11.8 Å². The first-order valence-corrected chi connectivity index (χ1v) is 5.54. The fourth-order valence-corrected chi connectivity index (χ4v) is 2.14. The summed E-state index contributed by atoms with van der Waals surface area (Å²) in [6, 6.07) is 0. The molecule has 0 aliphatic heterocycles. The molecule has 1 amide bonds. The number of carboxylic acid groups (broad SMARTS) is 1. The van der Waals surface area contributed by atoms with E-state index in [9.17, 15) is 9.59 Å². The minimum atomic E-state index is -0.876. The number of carbonyl (C=O) groups excluding carboxylic acids is 1. The van der Waals surface area contributed by atoms with Crippen molar-refractivity contribution >= 4 is 11.9 Å². The van der Waals surface area contributed by atoms with E-state index in [4.69, 9.17) is 5.11 Å². The molecule has 1 aliphatic rings. The maximum absolute atomic E-state index is 11.7. The van der Waals surface area contributed by atoms with Crippen LogP contribution in [0.2, 0.25) is 0 Å². The maximum atomic E-state index is 11.7. The first-order valence-electron chi connectivity index (χ1n) is 5.54. The molecule has 1 saturated carbocycles. The van der Waals surface area contributed by atoms with Crippen molar-refractivity contribution in [1.29, 1.82) is 0 Å². The Hall–Kier alpha value is -1.32. The molecule has 1 fully saturated rings. The van der Waals surface area contributed by atoms with Crippen molar-refractivity contribution in [3.8, 4) is 0 Å². The molecule has 0 aromatic rings. The van der Waals surface area contributed by atoms with Crippen molar-refractivity contribution in [3.05, 3.63) is 12.2 Å². The van der Waals surface area contributed by atoms with Crippen LogP contribution in [0.4, 0.5) is 0 Å². The molecule has 2 N–H and O–H groups in total.